The molecule has 0 saturated heterocycles. The van der Waals surface area contributed by atoms with Crippen LogP contribution in [0.3, 0.4) is 0 Å². The molecule has 2 aromatic carbocycles. The van der Waals surface area contributed by atoms with Crippen LogP contribution in [0.5, 0.6) is 0 Å². The zero-order chi connectivity index (χ0) is 16.2. The van der Waals surface area contributed by atoms with Gasteiger partial charge in [0.05, 0.1) is 12.6 Å². The molecular formula is C18H20FN3O. The summed E-state index contributed by atoms with van der Waals surface area (Å²) < 4.78 is 13.1. The summed E-state index contributed by atoms with van der Waals surface area (Å²) in [6.45, 7) is 0.0766. The molecule has 4 nitrogen and oxygen atoms in total. The van der Waals surface area contributed by atoms with E-state index in [0.29, 0.717) is 5.56 Å². The number of benzene rings is 2. The number of rotatable bonds is 4. The Morgan fingerprint density at radius 2 is 2.04 bits per heavy atom. The van der Waals surface area contributed by atoms with Crippen LogP contribution in [0.1, 0.15) is 29.2 Å². The maximum absolute atomic E-state index is 13.1. The Morgan fingerprint density at radius 1 is 1.22 bits per heavy atom. The summed E-state index contributed by atoms with van der Waals surface area (Å²) in [5.41, 5.74) is 9.99. The number of guanidine groups is 1. The molecule has 0 aromatic heterocycles. The smallest absolute Gasteiger partial charge is 0.193 e. The quantitative estimate of drug-likeness (QED) is 0.600. The van der Waals surface area contributed by atoms with Crippen LogP contribution in [0, 0.1) is 5.82 Å². The third-order valence-electron chi connectivity index (χ3n) is 4.04. The summed E-state index contributed by atoms with van der Waals surface area (Å²) in [7, 11) is 0. The monoisotopic (exact) mass is 313 g/mol. The molecule has 0 spiro atoms. The van der Waals surface area contributed by atoms with Gasteiger partial charge in [0.25, 0.3) is 0 Å². The summed E-state index contributed by atoms with van der Waals surface area (Å²) >= 11 is 0. The normalized spacial score (nSPS) is 15.3. The highest BCUT2D eigenvalue weighted by Crippen LogP contribution is 2.24. The number of aliphatic hydroxyl groups excluding tert-OH is 1. The van der Waals surface area contributed by atoms with Crippen LogP contribution in [0.4, 0.5) is 10.1 Å². The van der Waals surface area contributed by atoms with Gasteiger partial charge in [0.1, 0.15) is 5.82 Å². The molecule has 1 aliphatic rings. The van der Waals surface area contributed by atoms with Crippen molar-refractivity contribution in [2.75, 3.05) is 11.9 Å². The van der Waals surface area contributed by atoms with Crippen LogP contribution in [0.2, 0.25) is 0 Å². The molecular weight excluding hydrogens is 293 g/mol. The maximum atomic E-state index is 13.1. The topological polar surface area (TPSA) is 70.6 Å². The number of hydrogen-bond donors (Lipinski definition) is 3. The lowest BCUT2D eigenvalue weighted by Gasteiger charge is -2.11. The van der Waals surface area contributed by atoms with Crippen LogP contribution in [0.15, 0.2) is 47.5 Å². The minimum absolute atomic E-state index is 0.0766. The summed E-state index contributed by atoms with van der Waals surface area (Å²) in [5.74, 6) is -0.145. The number of anilines is 1. The van der Waals surface area contributed by atoms with E-state index < -0.39 is 6.10 Å². The van der Waals surface area contributed by atoms with E-state index >= 15 is 0 Å². The van der Waals surface area contributed by atoms with Crippen molar-refractivity contribution < 1.29 is 9.50 Å². The first-order valence-corrected chi connectivity index (χ1v) is 7.74. The van der Waals surface area contributed by atoms with Crippen molar-refractivity contribution in [3.8, 4) is 0 Å². The summed E-state index contributed by atoms with van der Waals surface area (Å²) in [6.07, 6.45) is 2.55. The largest absolute Gasteiger partial charge is 0.386 e. The lowest BCUT2D eigenvalue weighted by Crippen LogP contribution is -2.23. The van der Waals surface area contributed by atoms with Gasteiger partial charge in [-0.3, -0.25) is 4.99 Å². The molecule has 5 heteroatoms. The van der Waals surface area contributed by atoms with Gasteiger partial charge in [-0.15, -0.1) is 0 Å². The van der Waals surface area contributed by atoms with Gasteiger partial charge in [-0.2, -0.15) is 0 Å². The highest BCUT2D eigenvalue weighted by Gasteiger charge is 2.11. The molecule has 0 fully saturated rings. The maximum Gasteiger partial charge on any atom is 0.193 e. The second kappa shape index (κ2) is 6.79. The number of hydrogen-bond acceptors (Lipinski definition) is 2. The molecule has 1 unspecified atom stereocenters. The van der Waals surface area contributed by atoms with Crippen molar-refractivity contribution in [1.82, 2.24) is 0 Å². The Labute approximate surface area is 134 Å². The molecule has 0 heterocycles. The van der Waals surface area contributed by atoms with Crippen molar-refractivity contribution in [2.45, 2.75) is 25.4 Å². The Bertz CT molecular complexity index is 730. The van der Waals surface area contributed by atoms with Crippen LogP contribution in [0.25, 0.3) is 0 Å². The van der Waals surface area contributed by atoms with Gasteiger partial charge in [-0.1, -0.05) is 18.2 Å². The average molecular weight is 313 g/mol. The predicted molar refractivity (Wildman–Crippen MR) is 89.9 cm³/mol. The highest BCUT2D eigenvalue weighted by molar-refractivity contribution is 5.92. The second-order valence-electron chi connectivity index (χ2n) is 5.76. The standard InChI is InChI=1S/C18H20FN3O/c19-15-6-2-5-14(9-15)17(23)11-21-18(20)22-16-8-7-12-3-1-4-13(12)10-16/h2,5-10,17,23H,1,3-4,11H2,(H3,20,21,22). The first-order chi connectivity index (χ1) is 11.1. The SMILES string of the molecule is NC(=NCC(O)c1cccc(F)c1)Nc1ccc2c(c1)CCC2. The molecule has 120 valence electrons. The van der Waals surface area contributed by atoms with Gasteiger partial charge in [0.15, 0.2) is 5.96 Å². The summed E-state index contributed by atoms with van der Waals surface area (Å²) in [6, 6.07) is 12.0. The zero-order valence-corrected chi connectivity index (χ0v) is 12.8. The molecule has 23 heavy (non-hydrogen) atoms. The Morgan fingerprint density at radius 3 is 2.87 bits per heavy atom. The fraction of sp³-hybridized carbons (Fsp3) is 0.278. The third kappa shape index (κ3) is 3.87. The molecule has 1 atom stereocenters. The second-order valence-corrected chi connectivity index (χ2v) is 5.76. The lowest BCUT2D eigenvalue weighted by atomic mass is 10.1. The van der Waals surface area contributed by atoms with Gasteiger partial charge < -0.3 is 16.2 Å². The number of aryl methyl sites for hydroxylation is 2. The number of fused-ring (bicyclic) bond motifs is 1. The number of nitrogens with two attached hydrogens (primary N) is 1. The number of nitrogens with one attached hydrogen (secondary N) is 1. The van der Waals surface area contributed by atoms with Crippen LogP contribution in [-0.4, -0.2) is 17.6 Å². The van der Waals surface area contributed by atoms with E-state index in [4.69, 9.17) is 5.73 Å². The molecule has 1 aliphatic carbocycles. The Balaban J connectivity index is 1.61. The van der Waals surface area contributed by atoms with Crippen LogP contribution < -0.4 is 11.1 Å². The third-order valence-corrected chi connectivity index (χ3v) is 4.04. The summed E-state index contributed by atoms with van der Waals surface area (Å²) in [5, 5.41) is 13.1. The molecule has 0 aliphatic heterocycles. The Kier molecular flexibility index (Phi) is 4.57. The van der Waals surface area contributed by atoms with E-state index in [-0.39, 0.29) is 18.3 Å². The lowest BCUT2D eigenvalue weighted by molar-refractivity contribution is 0.187. The molecule has 4 N–H and O–H groups in total. The van der Waals surface area contributed by atoms with E-state index in [2.05, 4.69) is 22.4 Å². The highest BCUT2D eigenvalue weighted by atomic mass is 19.1. The van der Waals surface area contributed by atoms with Gasteiger partial charge in [-0.25, -0.2) is 4.39 Å². The van der Waals surface area contributed by atoms with Gasteiger partial charge in [-0.05, 0) is 60.2 Å². The fourth-order valence-electron chi connectivity index (χ4n) is 2.84. The zero-order valence-electron chi connectivity index (χ0n) is 12.8. The van der Waals surface area contributed by atoms with Crippen LogP contribution >= 0.6 is 0 Å². The van der Waals surface area contributed by atoms with Crippen molar-refractivity contribution in [3.63, 3.8) is 0 Å². The number of aliphatic hydroxyl groups is 1. The minimum atomic E-state index is -0.883. The first-order valence-electron chi connectivity index (χ1n) is 7.74. The summed E-state index contributed by atoms with van der Waals surface area (Å²) in [4.78, 5) is 4.13. The van der Waals surface area contributed by atoms with E-state index in [1.165, 1.54) is 29.7 Å². The minimum Gasteiger partial charge on any atom is -0.386 e. The average Bonchev–Trinajstić information content (AvgIpc) is 3.00. The molecule has 0 amide bonds. The molecule has 0 radical (unpaired) electrons. The number of halogens is 1. The molecule has 3 rings (SSSR count). The van der Waals surface area contributed by atoms with Crippen molar-refractivity contribution in [2.24, 2.45) is 10.7 Å². The van der Waals surface area contributed by atoms with E-state index in [1.54, 1.807) is 12.1 Å². The van der Waals surface area contributed by atoms with Crippen molar-refractivity contribution in [1.29, 1.82) is 0 Å². The molecule has 0 saturated carbocycles. The fourth-order valence-corrected chi connectivity index (χ4v) is 2.84. The van der Waals surface area contributed by atoms with E-state index in [0.717, 1.165) is 18.5 Å². The van der Waals surface area contributed by atoms with E-state index in [1.807, 2.05) is 6.07 Å². The van der Waals surface area contributed by atoms with Crippen molar-refractivity contribution in [3.05, 3.63) is 65.0 Å². The van der Waals surface area contributed by atoms with Crippen molar-refractivity contribution >= 4 is 11.6 Å². The Hall–Kier alpha value is -2.40. The first kappa shape index (κ1) is 15.5. The number of aliphatic imine (C=N–C) groups is 1. The number of nitrogens with zero attached hydrogens (tertiary/aromatic N) is 1. The van der Waals surface area contributed by atoms with Crippen LogP contribution in [-0.2, 0) is 12.8 Å². The predicted octanol–water partition coefficient (Wildman–Crippen LogP) is 2.77. The van der Waals surface area contributed by atoms with E-state index in [9.17, 15) is 9.50 Å². The van der Waals surface area contributed by atoms with Gasteiger partial charge >= 0.3 is 0 Å². The van der Waals surface area contributed by atoms with Gasteiger partial charge in [0.2, 0.25) is 0 Å². The molecule has 0 bridgehead atoms. The van der Waals surface area contributed by atoms with Gasteiger partial charge in [0, 0.05) is 5.69 Å². The molecule has 2 aromatic rings.